The molecule has 0 bridgehead atoms. The molecule has 5 heteroatoms. The second kappa shape index (κ2) is 4.94. The number of methoxy groups -OCH3 is 1. The lowest BCUT2D eigenvalue weighted by Gasteiger charge is -2.08. The minimum Gasteiger partial charge on any atom is -0.496 e. The molecule has 20 heavy (non-hydrogen) atoms. The molecule has 0 aliphatic heterocycles. The van der Waals surface area contributed by atoms with Crippen molar-refractivity contribution in [3.05, 3.63) is 47.5 Å². The molecular formula is C15H11NO3S. The van der Waals surface area contributed by atoms with Crippen LogP contribution in [0, 0.1) is 0 Å². The summed E-state index contributed by atoms with van der Waals surface area (Å²) in [6, 6.07) is 11.6. The van der Waals surface area contributed by atoms with E-state index >= 15 is 0 Å². The monoisotopic (exact) mass is 285 g/mol. The van der Waals surface area contributed by atoms with Crippen LogP contribution in [-0.2, 0) is 0 Å². The van der Waals surface area contributed by atoms with Crippen molar-refractivity contribution in [2.45, 2.75) is 0 Å². The molecule has 1 aromatic heterocycles. The predicted molar refractivity (Wildman–Crippen MR) is 78.6 cm³/mol. The number of thiazole rings is 1. The zero-order valence-electron chi connectivity index (χ0n) is 10.7. The van der Waals surface area contributed by atoms with Crippen molar-refractivity contribution in [3.8, 4) is 16.3 Å². The van der Waals surface area contributed by atoms with Crippen molar-refractivity contribution in [2.75, 3.05) is 7.11 Å². The molecule has 1 N–H and O–H groups in total. The maximum Gasteiger partial charge on any atom is 0.355 e. The fraction of sp³-hybridized carbons (Fsp3) is 0.0667. The Kier molecular flexibility index (Phi) is 3.12. The van der Waals surface area contributed by atoms with Gasteiger partial charge >= 0.3 is 5.97 Å². The molecular weight excluding hydrogens is 274 g/mol. The van der Waals surface area contributed by atoms with E-state index in [9.17, 15) is 4.79 Å². The molecule has 0 fully saturated rings. The Hall–Kier alpha value is -2.40. The Morgan fingerprint density at radius 1 is 1.20 bits per heavy atom. The second-order valence-electron chi connectivity index (χ2n) is 4.20. The predicted octanol–water partition coefficient (Wildman–Crippen LogP) is 3.67. The first-order valence-corrected chi connectivity index (χ1v) is 6.83. The van der Waals surface area contributed by atoms with Crippen molar-refractivity contribution in [1.82, 2.24) is 4.98 Å². The van der Waals surface area contributed by atoms with Gasteiger partial charge in [-0.1, -0.05) is 24.3 Å². The van der Waals surface area contributed by atoms with Crippen LogP contribution in [0.4, 0.5) is 0 Å². The van der Waals surface area contributed by atoms with E-state index in [2.05, 4.69) is 4.98 Å². The summed E-state index contributed by atoms with van der Waals surface area (Å²) in [5, 5.41) is 13.2. The third-order valence-electron chi connectivity index (χ3n) is 3.06. The third kappa shape index (κ3) is 2.02. The Morgan fingerprint density at radius 3 is 2.60 bits per heavy atom. The molecule has 0 amide bonds. The number of ether oxygens (including phenoxy) is 1. The summed E-state index contributed by atoms with van der Waals surface area (Å²) in [6.07, 6.45) is 0. The summed E-state index contributed by atoms with van der Waals surface area (Å²) in [4.78, 5) is 15.1. The highest BCUT2D eigenvalue weighted by Crippen LogP contribution is 2.35. The minimum absolute atomic E-state index is 0.0740. The fourth-order valence-corrected chi connectivity index (χ4v) is 2.96. The van der Waals surface area contributed by atoms with Gasteiger partial charge in [0.05, 0.1) is 7.11 Å². The van der Waals surface area contributed by atoms with Gasteiger partial charge in [0, 0.05) is 16.3 Å². The minimum atomic E-state index is -1.01. The molecule has 4 nitrogen and oxygen atoms in total. The number of aromatic nitrogens is 1. The van der Waals surface area contributed by atoms with Crippen LogP contribution < -0.4 is 4.74 Å². The quantitative estimate of drug-likeness (QED) is 0.797. The molecule has 3 rings (SSSR count). The maximum absolute atomic E-state index is 10.9. The molecule has 0 saturated carbocycles. The van der Waals surface area contributed by atoms with Gasteiger partial charge in [-0.3, -0.25) is 0 Å². The number of hydrogen-bond donors (Lipinski definition) is 1. The number of fused-ring (bicyclic) bond motifs is 1. The van der Waals surface area contributed by atoms with Crippen LogP contribution >= 0.6 is 11.3 Å². The molecule has 3 aromatic rings. The van der Waals surface area contributed by atoms with Gasteiger partial charge in [0.15, 0.2) is 5.69 Å². The van der Waals surface area contributed by atoms with E-state index in [4.69, 9.17) is 9.84 Å². The van der Waals surface area contributed by atoms with Crippen LogP contribution in [0.3, 0.4) is 0 Å². The summed E-state index contributed by atoms with van der Waals surface area (Å²) in [5.41, 5.74) is 0.990. The van der Waals surface area contributed by atoms with E-state index in [-0.39, 0.29) is 5.69 Å². The van der Waals surface area contributed by atoms with Crippen LogP contribution in [0.25, 0.3) is 21.3 Å². The van der Waals surface area contributed by atoms with Gasteiger partial charge in [-0.25, -0.2) is 9.78 Å². The van der Waals surface area contributed by atoms with Gasteiger partial charge in [0.2, 0.25) is 0 Å². The number of carboxylic acid groups (broad SMARTS) is 1. The van der Waals surface area contributed by atoms with Crippen LogP contribution in [0.5, 0.6) is 5.75 Å². The van der Waals surface area contributed by atoms with E-state index in [0.29, 0.717) is 5.01 Å². The number of nitrogens with zero attached hydrogens (tertiary/aromatic N) is 1. The molecule has 0 aliphatic carbocycles. The second-order valence-corrected chi connectivity index (χ2v) is 5.06. The van der Waals surface area contributed by atoms with Gasteiger partial charge < -0.3 is 9.84 Å². The number of rotatable bonds is 3. The zero-order chi connectivity index (χ0) is 14.1. The lowest BCUT2D eigenvalue weighted by atomic mass is 10.0. The summed E-state index contributed by atoms with van der Waals surface area (Å²) in [6.45, 7) is 0. The summed E-state index contributed by atoms with van der Waals surface area (Å²) >= 11 is 1.33. The van der Waals surface area contributed by atoms with Gasteiger partial charge in [-0.05, 0) is 17.5 Å². The molecule has 0 spiro atoms. The molecule has 2 aromatic carbocycles. The van der Waals surface area contributed by atoms with Gasteiger partial charge in [0.1, 0.15) is 10.8 Å². The average molecular weight is 285 g/mol. The van der Waals surface area contributed by atoms with E-state index in [1.54, 1.807) is 12.5 Å². The van der Waals surface area contributed by atoms with Crippen molar-refractivity contribution >= 4 is 28.1 Å². The number of carbonyl (C=O) groups is 1. The van der Waals surface area contributed by atoms with E-state index in [1.807, 2.05) is 36.4 Å². The average Bonchev–Trinajstić information content (AvgIpc) is 2.96. The molecule has 0 saturated heterocycles. The third-order valence-corrected chi connectivity index (χ3v) is 3.93. The molecule has 1 heterocycles. The summed E-state index contributed by atoms with van der Waals surface area (Å²) in [7, 11) is 1.63. The topological polar surface area (TPSA) is 59.4 Å². The highest BCUT2D eigenvalue weighted by Gasteiger charge is 2.13. The highest BCUT2D eigenvalue weighted by molar-refractivity contribution is 7.13. The Bertz CT molecular complexity index is 795. The van der Waals surface area contributed by atoms with Crippen molar-refractivity contribution in [1.29, 1.82) is 0 Å². The molecule has 100 valence electrons. The first-order valence-electron chi connectivity index (χ1n) is 5.95. The van der Waals surface area contributed by atoms with Crippen LogP contribution in [0.15, 0.2) is 41.8 Å². The van der Waals surface area contributed by atoms with E-state index < -0.39 is 5.97 Å². The first-order chi connectivity index (χ1) is 9.70. The number of hydrogen-bond acceptors (Lipinski definition) is 4. The first kappa shape index (κ1) is 12.6. The van der Waals surface area contributed by atoms with Gasteiger partial charge in [-0.15, -0.1) is 11.3 Å². The lowest BCUT2D eigenvalue weighted by molar-refractivity contribution is 0.0691. The van der Waals surface area contributed by atoms with Crippen molar-refractivity contribution in [2.24, 2.45) is 0 Å². The van der Waals surface area contributed by atoms with Gasteiger partial charge in [0.25, 0.3) is 0 Å². The molecule has 0 unspecified atom stereocenters. The number of carboxylic acids is 1. The lowest BCUT2D eigenvalue weighted by Crippen LogP contribution is -1.95. The van der Waals surface area contributed by atoms with Crippen LogP contribution in [0.1, 0.15) is 10.5 Å². The zero-order valence-corrected chi connectivity index (χ0v) is 11.5. The van der Waals surface area contributed by atoms with Crippen LogP contribution in [0.2, 0.25) is 0 Å². The SMILES string of the molecule is COc1ccc(-c2nc(C(=O)O)cs2)c2ccccc12. The highest BCUT2D eigenvalue weighted by atomic mass is 32.1. The number of benzene rings is 2. The maximum atomic E-state index is 10.9. The standard InChI is InChI=1S/C15H11NO3S/c1-19-13-7-6-11(9-4-2-3-5-10(9)13)14-16-12(8-20-14)15(17)18/h2-8H,1H3,(H,17,18). The van der Waals surface area contributed by atoms with Gasteiger partial charge in [-0.2, -0.15) is 0 Å². The Labute approximate surface area is 119 Å². The normalized spacial score (nSPS) is 10.7. The van der Waals surface area contributed by atoms with Crippen LogP contribution in [-0.4, -0.2) is 23.2 Å². The van der Waals surface area contributed by atoms with E-state index in [0.717, 1.165) is 22.1 Å². The largest absolute Gasteiger partial charge is 0.496 e. The van der Waals surface area contributed by atoms with Crippen molar-refractivity contribution in [3.63, 3.8) is 0 Å². The fourth-order valence-electron chi connectivity index (χ4n) is 2.13. The van der Waals surface area contributed by atoms with E-state index in [1.165, 1.54) is 11.3 Å². The molecule has 0 radical (unpaired) electrons. The Balaban J connectivity index is 2.23. The smallest absolute Gasteiger partial charge is 0.355 e. The molecule has 0 aliphatic rings. The number of aromatic carboxylic acids is 1. The summed E-state index contributed by atoms with van der Waals surface area (Å²) in [5.74, 6) is -0.218. The summed E-state index contributed by atoms with van der Waals surface area (Å²) < 4.78 is 5.35. The molecule has 0 atom stereocenters. The van der Waals surface area contributed by atoms with Crippen molar-refractivity contribution < 1.29 is 14.6 Å². The Morgan fingerprint density at radius 2 is 1.95 bits per heavy atom.